The van der Waals surface area contributed by atoms with E-state index in [1.165, 1.54) is 18.5 Å². The third-order valence-electron chi connectivity index (χ3n) is 6.13. The molecule has 34 heavy (non-hydrogen) atoms. The summed E-state index contributed by atoms with van der Waals surface area (Å²) >= 11 is 0. The van der Waals surface area contributed by atoms with Gasteiger partial charge in [-0.2, -0.15) is 0 Å². The van der Waals surface area contributed by atoms with E-state index in [2.05, 4.69) is 15.6 Å². The van der Waals surface area contributed by atoms with E-state index in [0.29, 0.717) is 18.8 Å². The van der Waals surface area contributed by atoms with E-state index in [1.807, 2.05) is 42.5 Å². The number of nitrogens with zero attached hydrogens (tertiary/aromatic N) is 2. The second-order valence-corrected chi connectivity index (χ2v) is 8.58. The molecule has 0 amide bonds. The van der Waals surface area contributed by atoms with E-state index >= 15 is 0 Å². The van der Waals surface area contributed by atoms with Gasteiger partial charge in [-0.15, -0.1) is 0 Å². The molecule has 2 aromatic carbocycles. The van der Waals surface area contributed by atoms with Crippen LogP contribution in [0.25, 0.3) is 0 Å². The van der Waals surface area contributed by atoms with Crippen molar-refractivity contribution in [3.63, 3.8) is 0 Å². The number of pyridine rings is 1. The number of ether oxygens (including phenoxy) is 1. The first-order chi connectivity index (χ1) is 16.4. The molecule has 7 nitrogen and oxygen atoms in total. The van der Waals surface area contributed by atoms with E-state index in [4.69, 9.17) is 4.74 Å². The number of carboxylic acid groups (broad SMARTS) is 1. The minimum atomic E-state index is -2.59. The normalized spacial score (nSPS) is 18.3. The first-order valence-electron chi connectivity index (χ1n) is 11.1. The number of alkyl halides is 2. The lowest BCUT2D eigenvalue weighted by atomic mass is 9.92. The number of carboxylic acids is 1. The second-order valence-electron chi connectivity index (χ2n) is 8.58. The molecule has 0 radical (unpaired) electrons. The number of nitrogens with one attached hydrogen (secondary N) is 2. The maximum atomic E-state index is 13.1. The molecule has 3 N–H and O–H groups in total. The fourth-order valence-electron chi connectivity index (χ4n) is 4.33. The molecule has 176 valence electrons. The molecule has 1 saturated heterocycles. The van der Waals surface area contributed by atoms with Gasteiger partial charge in [0, 0.05) is 41.8 Å². The van der Waals surface area contributed by atoms with E-state index in [-0.39, 0.29) is 24.6 Å². The maximum absolute atomic E-state index is 13.1. The Labute approximate surface area is 195 Å². The Kier molecular flexibility index (Phi) is 5.69. The summed E-state index contributed by atoms with van der Waals surface area (Å²) in [5, 5.41) is 15.9. The van der Waals surface area contributed by atoms with Crippen LogP contribution in [0.4, 0.5) is 31.5 Å². The van der Waals surface area contributed by atoms with Crippen LogP contribution in [0.1, 0.15) is 28.3 Å². The SMILES string of the molecule is O=C(O)c1ccncc1NC[C@@H]1CCOc2cc(Nc3ccc(N4CC(F)(F)C4)cc3)ccc21. The first-order valence-corrected chi connectivity index (χ1v) is 11.1. The van der Waals surface area contributed by atoms with Gasteiger partial charge in [0.2, 0.25) is 0 Å². The van der Waals surface area contributed by atoms with Crippen LogP contribution in [-0.2, 0) is 0 Å². The topological polar surface area (TPSA) is 86.7 Å². The average Bonchev–Trinajstić information content (AvgIpc) is 2.81. The number of carbonyl (C=O) groups is 1. The molecule has 9 heteroatoms. The van der Waals surface area contributed by atoms with Crippen molar-refractivity contribution in [1.82, 2.24) is 4.98 Å². The molecular weight excluding hydrogens is 442 g/mol. The summed E-state index contributed by atoms with van der Waals surface area (Å²) in [5.41, 5.74) is 4.22. The Morgan fingerprint density at radius 3 is 2.65 bits per heavy atom. The van der Waals surface area contributed by atoms with E-state index in [0.717, 1.165) is 34.8 Å². The van der Waals surface area contributed by atoms with E-state index in [9.17, 15) is 18.7 Å². The summed E-state index contributed by atoms with van der Waals surface area (Å²) < 4.78 is 32.1. The summed E-state index contributed by atoms with van der Waals surface area (Å²) in [6.45, 7) is 0.648. The zero-order valence-electron chi connectivity index (χ0n) is 18.3. The Hall–Kier alpha value is -3.88. The van der Waals surface area contributed by atoms with Gasteiger partial charge in [0.05, 0.1) is 37.1 Å². The van der Waals surface area contributed by atoms with Crippen LogP contribution in [0.2, 0.25) is 0 Å². The molecule has 2 aliphatic rings. The van der Waals surface area contributed by atoms with Gasteiger partial charge in [-0.25, -0.2) is 13.6 Å². The highest BCUT2D eigenvalue weighted by molar-refractivity contribution is 5.93. The maximum Gasteiger partial charge on any atom is 0.337 e. The van der Waals surface area contributed by atoms with Crippen LogP contribution in [0.3, 0.4) is 0 Å². The molecule has 0 bridgehead atoms. The lowest BCUT2D eigenvalue weighted by Crippen LogP contribution is -2.56. The predicted octanol–water partition coefficient (Wildman–Crippen LogP) is 4.96. The molecule has 1 aromatic heterocycles. The highest BCUT2D eigenvalue weighted by Crippen LogP contribution is 2.37. The number of aromatic carboxylic acids is 1. The van der Waals surface area contributed by atoms with Crippen LogP contribution in [0, 0.1) is 0 Å². The number of halogens is 2. The quantitative estimate of drug-likeness (QED) is 0.454. The summed E-state index contributed by atoms with van der Waals surface area (Å²) in [6.07, 6.45) is 3.80. The smallest absolute Gasteiger partial charge is 0.337 e. The Morgan fingerprint density at radius 2 is 1.91 bits per heavy atom. The molecule has 2 aliphatic heterocycles. The van der Waals surface area contributed by atoms with Crippen LogP contribution in [0.5, 0.6) is 5.75 Å². The zero-order chi connectivity index (χ0) is 23.7. The zero-order valence-corrected chi connectivity index (χ0v) is 18.3. The summed E-state index contributed by atoms with van der Waals surface area (Å²) in [4.78, 5) is 17.1. The molecule has 0 aliphatic carbocycles. The molecule has 3 aromatic rings. The molecular formula is C25H24F2N4O3. The van der Waals surface area contributed by atoms with Crippen molar-refractivity contribution < 1.29 is 23.4 Å². The third-order valence-corrected chi connectivity index (χ3v) is 6.13. The highest BCUT2D eigenvalue weighted by Gasteiger charge is 2.43. The molecule has 0 saturated carbocycles. The van der Waals surface area contributed by atoms with Crippen molar-refractivity contribution in [2.24, 2.45) is 0 Å². The molecule has 3 heterocycles. The largest absolute Gasteiger partial charge is 0.493 e. The van der Waals surface area contributed by atoms with Gasteiger partial charge in [-0.3, -0.25) is 4.98 Å². The molecule has 0 unspecified atom stereocenters. The lowest BCUT2D eigenvalue weighted by molar-refractivity contribution is -0.0262. The lowest BCUT2D eigenvalue weighted by Gasteiger charge is -2.40. The Morgan fingerprint density at radius 1 is 1.15 bits per heavy atom. The number of aromatic nitrogens is 1. The average molecular weight is 466 g/mol. The molecule has 5 rings (SSSR count). The number of hydrogen-bond donors (Lipinski definition) is 3. The van der Waals surface area contributed by atoms with Crippen molar-refractivity contribution in [2.45, 2.75) is 18.3 Å². The van der Waals surface area contributed by atoms with Crippen LogP contribution >= 0.6 is 0 Å². The van der Waals surface area contributed by atoms with Crippen LogP contribution in [-0.4, -0.2) is 48.2 Å². The van der Waals surface area contributed by atoms with Gasteiger partial charge in [-0.1, -0.05) is 6.07 Å². The minimum Gasteiger partial charge on any atom is -0.493 e. The fourth-order valence-corrected chi connectivity index (χ4v) is 4.33. The number of rotatable bonds is 7. The minimum absolute atomic E-state index is 0.161. The summed E-state index contributed by atoms with van der Waals surface area (Å²) in [5.74, 6) is -2.64. The van der Waals surface area contributed by atoms with Crippen LogP contribution in [0.15, 0.2) is 60.9 Å². The van der Waals surface area contributed by atoms with Crippen molar-refractivity contribution in [1.29, 1.82) is 0 Å². The molecule has 1 atom stereocenters. The summed E-state index contributed by atoms with van der Waals surface area (Å²) in [6, 6.07) is 14.8. The van der Waals surface area contributed by atoms with Gasteiger partial charge in [0.1, 0.15) is 5.75 Å². The van der Waals surface area contributed by atoms with Crippen molar-refractivity contribution >= 4 is 28.7 Å². The first kappa shape index (κ1) is 21.9. The number of hydrogen-bond acceptors (Lipinski definition) is 6. The van der Waals surface area contributed by atoms with E-state index in [1.54, 1.807) is 4.90 Å². The number of benzene rings is 2. The second kappa shape index (κ2) is 8.81. The van der Waals surface area contributed by atoms with Crippen molar-refractivity contribution in [2.75, 3.05) is 41.8 Å². The van der Waals surface area contributed by atoms with Gasteiger partial charge in [-0.05, 0) is 48.4 Å². The Bertz CT molecular complexity index is 1200. The van der Waals surface area contributed by atoms with Gasteiger partial charge < -0.3 is 25.4 Å². The number of anilines is 4. The highest BCUT2D eigenvalue weighted by atomic mass is 19.3. The Balaban J connectivity index is 1.24. The third kappa shape index (κ3) is 4.59. The molecule has 1 fully saturated rings. The van der Waals surface area contributed by atoms with Gasteiger partial charge in [0.15, 0.2) is 0 Å². The monoisotopic (exact) mass is 466 g/mol. The molecule has 0 spiro atoms. The number of fused-ring (bicyclic) bond motifs is 1. The van der Waals surface area contributed by atoms with Gasteiger partial charge >= 0.3 is 5.97 Å². The van der Waals surface area contributed by atoms with Gasteiger partial charge in [0.25, 0.3) is 5.92 Å². The predicted molar refractivity (Wildman–Crippen MR) is 126 cm³/mol. The fraction of sp³-hybridized carbons (Fsp3) is 0.280. The van der Waals surface area contributed by atoms with E-state index < -0.39 is 11.9 Å². The van der Waals surface area contributed by atoms with Crippen molar-refractivity contribution in [3.8, 4) is 5.75 Å². The van der Waals surface area contributed by atoms with Crippen LogP contribution < -0.4 is 20.3 Å². The standard InChI is InChI=1S/C25H24F2N4O3/c26-25(27)14-31(15-25)19-4-1-17(2-5-19)30-18-3-6-20-16(8-10-34-23(20)11-18)12-29-22-13-28-9-7-21(22)24(32)33/h1-7,9,11,13,16,29-30H,8,10,12,14-15H2,(H,32,33)/t16-/m0/s1. The summed E-state index contributed by atoms with van der Waals surface area (Å²) in [7, 11) is 0. The van der Waals surface area contributed by atoms with Crippen molar-refractivity contribution in [3.05, 3.63) is 72.1 Å².